The Kier molecular flexibility index (Phi) is 5.91. The zero-order chi connectivity index (χ0) is 21.4. The largest absolute Gasteiger partial charge is 0.416 e. The first kappa shape index (κ1) is 21.6. The zero-order valence-corrected chi connectivity index (χ0v) is 17.2. The van der Waals surface area contributed by atoms with Gasteiger partial charge in [-0.2, -0.15) is 17.5 Å². The van der Waals surface area contributed by atoms with Gasteiger partial charge in [0.25, 0.3) is 0 Å². The van der Waals surface area contributed by atoms with Crippen LogP contribution in [0.5, 0.6) is 0 Å². The summed E-state index contributed by atoms with van der Waals surface area (Å²) in [6, 6.07) is 1.96. The zero-order valence-electron chi connectivity index (χ0n) is 16.4. The fraction of sp³-hybridized carbons (Fsp3) is 0.556. The first-order chi connectivity index (χ1) is 13.5. The summed E-state index contributed by atoms with van der Waals surface area (Å²) in [6.45, 7) is 4.32. The summed E-state index contributed by atoms with van der Waals surface area (Å²) in [5.74, 6) is 0.651. The Labute approximate surface area is 167 Å². The molecule has 2 aromatic rings. The van der Waals surface area contributed by atoms with Gasteiger partial charge in [0.1, 0.15) is 16.4 Å². The number of pyridine rings is 1. The molecule has 0 unspecified atom stereocenters. The molecule has 160 valence electrons. The first-order valence-electron chi connectivity index (χ1n) is 9.17. The van der Waals surface area contributed by atoms with Gasteiger partial charge in [-0.1, -0.05) is 5.16 Å². The third-order valence-corrected chi connectivity index (χ3v) is 7.28. The molecule has 3 heterocycles. The van der Waals surface area contributed by atoms with E-state index in [1.165, 1.54) is 4.31 Å². The lowest BCUT2D eigenvalue weighted by atomic mass is 9.97. The van der Waals surface area contributed by atoms with Crippen molar-refractivity contribution in [2.45, 2.75) is 37.8 Å². The molecule has 1 aliphatic heterocycles. The highest BCUT2D eigenvalue weighted by Gasteiger charge is 2.34. The van der Waals surface area contributed by atoms with E-state index in [9.17, 15) is 21.6 Å². The van der Waals surface area contributed by atoms with Crippen molar-refractivity contribution in [1.82, 2.24) is 14.4 Å². The number of nitrogens with zero attached hydrogens (tertiary/aromatic N) is 4. The highest BCUT2D eigenvalue weighted by atomic mass is 32.2. The Morgan fingerprint density at radius 2 is 1.93 bits per heavy atom. The number of rotatable bonds is 5. The Bertz CT molecular complexity index is 947. The molecule has 1 saturated heterocycles. The van der Waals surface area contributed by atoms with Crippen LogP contribution in [0.1, 0.15) is 29.9 Å². The van der Waals surface area contributed by atoms with Crippen LogP contribution in [0.2, 0.25) is 0 Å². The van der Waals surface area contributed by atoms with Crippen molar-refractivity contribution in [2.24, 2.45) is 5.92 Å². The number of alkyl halides is 3. The molecule has 29 heavy (non-hydrogen) atoms. The SMILES string of the molecule is Cc1noc(C)c1S(=O)(=O)N1CCC(CN(C)c2cc(C(F)(F)F)ccn2)CC1. The van der Waals surface area contributed by atoms with Gasteiger partial charge >= 0.3 is 6.18 Å². The summed E-state index contributed by atoms with van der Waals surface area (Å²) in [7, 11) is -1.99. The molecule has 0 amide bonds. The molecule has 0 spiro atoms. The third kappa shape index (κ3) is 4.55. The lowest BCUT2D eigenvalue weighted by Crippen LogP contribution is -2.41. The molecule has 1 aliphatic rings. The number of sulfonamides is 1. The molecular weight excluding hydrogens is 409 g/mol. The average molecular weight is 432 g/mol. The summed E-state index contributed by atoms with van der Waals surface area (Å²) < 4.78 is 70.8. The second-order valence-electron chi connectivity index (χ2n) is 7.28. The Morgan fingerprint density at radius 3 is 2.48 bits per heavy atom. The molecule has 0 N–H and O–H groups in total. The highest BCUT2D eigenvalue weighted by Crippen LogP contribution is 2.31. The van der Waals surface area contributed by atoms with Crippen LogP contribution in [0.3, 0.4) is 0 Å². The lowest BCUT2D eigenvalue weighted by Gasteiger charge is -2.33. The van der Waals surface area contributed by atoms with Crippen LogP contribution >= 0.6 is 0 Å². The lowest BCUT2D eigenvalue weighted by molar-refractivity contribution is -0.137. The molecule has 0 atom stereocenters. The molecule has 0 radical (unpaired) electrons. The van der Waals surface area contributed by atoms with Gasteiger partial charge in [-0.15, -0.1) is 0 Å². The molecule has 11 heteroatoms. The Balaban J connectivity index is 1.63. The third-order valence-electron chi connectivity index (χ3n) is 5.14. The van der Waals surface area contributed by atoms with Crippen molar-refractivity contribution in [3.63, 3.8) is 0 Å². The summed E-state index contributed by atoms with van der Waals surface area (Å²) in [4.78, 5) is 5.82. The number of halogens is 3. The Morgan fingerprint density at radius 1 is 1.28 bits per heavy atom. The normalized spacial score (nSPS) is 16.9. The molecule has 2 aromatic heterocycles. The van der Waals surface area contributed by atoms with Crippen LogP contribution in [0.15, 0.2) is 27.7 Å². The van der Waals surface area contributed by atoms with Crippen molar-refractivity contribution in [1.29, 1.82) is 0 Å². The predicted molar refractivity (Wildman–Crippen MR) is 100.0 cm³/mol. The van der Waals surface area contributed by atoms with E-state index < -0.39 is 21.8 Å². The number of anilines is 1. The van der Waals surface area contributed by atoms with Crippen molar-refractivity contribution in [3.8, 4) is 0 Å². The van der Waals surface area contributed by atoms with Crippen LogP contribution in [0, 0.1) is 19.8 Å². The second kappa shape index (κ2) is 7.94. The minimum absolute atomic E-state index is 0.112. The maximum absolute atomic E-state index is 12.9. The van der Waals surface area contributed by atoms with E-state index in [1.807, 2.05) is 0 Å². The maximum Gasteiger partial charge on any atom is 0.416 e. The highest BCUT2D eigenvalue weighted by molar-refractivity contribution is 7.89. The smallest absolute Gasteiger partial charge is 0.360 e. The molecule has 1 fully saturated rings. The van der Waals surface area contributed by atoms with E-state index in [4.69, 9.17) is 4.52 Å². The molecule has 0 aromatic carbocycles. The van der Waals surface area contributed by atoms with Crippen LogP contribution in [0.4, 0.5) is 19.0 Å². The number of hydrogen-bond acceptors (Lipinski definition) is 6. The van der Waals surface area contributed by atoms with Gasteiger partial charge in [0.05, 0.1) is 5.56 Å². The van der Waals surface area contributed by atoms with Gasteiger partial charge in [0.2, 0.25) is 10.0 Å². The van der Waals surface area contributed by atoms with E-state index in [-0.39, 0.29) is 22.4 Å². The number of piperidine rings is 1. The predicted octanol–water partition coefficient (Wildman–Crippen LogP) is 3.24. The van der Waals surface area contributed by atoms with Crippen LogP contribution in [0.25, 0.3) is 0 Å². The fourth-order valence-electron chi connectivity index (χ4n) is 3.59. The van der Waals surface area contributed by atoms with Crippen molar-refractivity contribution < 1.29 is 26.1 Å². The quantitative estimate of drug-likeness (QED) is 0.722. The van der Waals surface area contributed by atoms with Gasteiger partial charge in [0.15, 0.2) is 5.76 Å². The second-order valence-corrected chi connectivity index (χ2v) is 9.16. The monoisotopic (exact) mass is 432 g/mol. The van der Waals surface area contributed by atoms with Gasteiger partial charge in [-0.3, -0.25) is 0 Å². The van der Waals surface area contributed by atoms with E-state index in [0.717, 1.165) is 18.3 Å². The van der Waals surface area contributed by atoms with Gasteiger partial charge in [-0.05, 0) is 44.7 Å². The Hall–Kier alpha value is -2.14. The van der Waals surface area contributed by atoms with Crippen LogP contribution in [-0.2, 0) is 16.2 Å². The summed E-state index contributed by atoms with van der Waals surface area (Å²) in [5.41, 5.74) is -0.408. The topological polar surface area (TPSA) is 79.5 Å². The van der Waals surface area contributed by atoms with Crippen LogP contribution in [-0.4, -0.2) is 49.5 Å². The van der Waals surface area contributed by atoms with E-state index >= 15 is 0 Å². The minimum atomic E-state index is -4.42. The van der Waals surface area contributed by atoms with Crippen molar-refractivity contribution in [3.05, 3.63) is 35.3 Å². The summed E-state index contributed by atoms with van der Waals surface area (Å²) >= 11 is 0. The summed E-state index contributed by atoms with van der Waals surface area (Å²) in [5, 5.41) is 3.71. The van der Waals surface area contributed by atoms with E-state index in [2.05, 4.69) is 10.1 Å². The number of hydrogen-bond donors (Lipinski definition) is 0. The minimum Gasteiger partial charge on any atom is -0.360 e. The molecule has 0 aliphatic carbocycles. The molecule has 0 bridgehead atoms. The maximum atomic E-state index is 12.9. The van der Waals surface area contributed by atoms with Gasteiger partial charge in [-0.25, -0.2) is 13.4 Å². The number of aromatic nitrogens is 2. The first-order valence-corrected chi connectivity index (χ1v) is 10.6. The van der Waals surface area contributed by atoms with Crippen molar-refractivity contribution in [2.75, 3.05) is 31.6 Å². The summed E-state index contributed by atoms with van der Waals surface area (Å²) in [6.07, 6.45) is -2.07. The molecule has 7 nitrogen and oxygen atoms in total. The molecule has 3 rings (SSSR count). The van der Waals surface area contributed by atoms with E-state index in [0.29, 0.717) is 38.2 Å². The van der Waals surface area contributed by atoms with Gasteiger partial charge in [0, 0.05) is 32.9 Å². The molecular formula is C18H23F3N4O3S. The fourth-order valence-corrected chi connectivity index (χ4v) is 5.35. The molecule has 0 saturated carbocycles. The standard InChI is InChI=1S/C18H23F3N4O3S/c1-12-17(13(2)28-23-12)29(26,27)25-8-5-14(6-9-25)11-24(3)16-10-15(4-7-22-16)18(19,20)21/h4,7,10,14H,5-6,8-9,11H2,1-3H3. The van der Waals surface area contributed by atoms with Gasteiger partial charge < -0.3 is 9.42 Å². The average Bonchev–Trinajstić information content (AvgIpc) is 3.00. The van der Waals surface area contributed by atoms with Crippen LogP contribution < -0.4 is 4.90 Å². The van der Waals surface area contributed by atoms with Crippen molar-refractivity contribution >= 4 is 15.8 Å². The van der Waals surface area contributed by atoms with E-state index in [1.54, 1.807) is 25.8 Å². The number of aryl methyl sites for hydroxylation is 2.